The van der Waals surface area contributed by atoms with E-state index in [9.17, 15) is 13.2 Å². The lowest BCUT2D eigenvalue weighted by Crippen LogP contribution is -2.44. The first-order chi connectivity index (χ1) is 10.1. The number of carbonyl (C=O) groups excluding carboxylic acids is 1. The summed E-state index contributed by atoms with van der Waals surface area (Å²) in [6.07, 6.45) is 1.04. The number of sulfone groups is 1. The van der Waals surface area contributed by atoms with E-state index in [1.165, 1.54) is 0 Å². The molecule has 1 N–H and O–H groups in total. The molecule has 22 heavy (non-hydrogen) atoms. The van der Waals surface area contributed by atoms with Crippen LogP contribution in [-0.4, -0.2) is 56.9 Å². The summed E-state index contributed by atoms with van der Waals surface area (Å²) < 4.78 is 23.0. The Morgan fingerprint density at radius 2 is 1.86 bits per heavy atom. The fraction of sp³-hybridized carbons (Fsp3) is 0.533. The maximum Gasteiger partial charge on any atom is 0.254 e. The zero-order chi connectivity index (χ0) is 14.9. The quantitative estimate of drug-likeness (QED) is 0.871. The molecule has 2 saturated heterocycles. The third-order valence-electron chi connectivity index (χ3n) is 4.32. The highest BCUT2D eigenvalue weighted by Crippen LogP contribution is 2.26. The Hall–Kier alpha value is -1.11. The number of rotatable bonds is 2. The molecule has 122 valence electrons. The molecule has 1 aromatic rings. The number of hydrogen-bond acceptors (Lipinski definition) is 4. The lowest BCUT2D eigenvalue weighted by Gasteiger charge is -2.28. The van der Waals surface area contributed by atoms with Gasteiger partial charge in [-0.15, -0.1) is 12.4 Å². The smallest absolute Gasteiger partial charge is 0.254 e. The van der Waals surface area contributed by atoms with Gasteiger partial charge in [0.05, 0.1) is 11.5 Å². The van der Waals surface area contributed by atoms with Gasteiger partial charge in [-0.2, -0.15) is 0 Å². The van der Waals surface area contributed by atoms with E-state index in [0.29, 0.717) is 19.0 Å². The van der Waals surface area contributed by atoms with Gasteiger partial charge in [-0.25, -0.2) is 8.42 Å². The zero-order valence-corrected chi connectivity index (χ0v) is 14.0. The Labute approximate surface area is 137 Å². The van der Waals surface area contributed by atoms with Crippen molar-refractivity contribution in [1.29, 1.82) is 0 Å². The van der Waals surface area contributed by atoms with Gasteiger partial charge in [0.2, 0.25) is 0 Å². The first kappa shape index (κ1) is 17.2. The molecule has 1 amide bonds. The molecule has 1 atom stereocenters. The van der Waals surface area contributed by atoms with Crippen LogP contribution < -0.4 is 5.32 Å². The second kappa shape index (κ2) is 6.98. The molecular formula is C15H21ClN2O3S. The van der Waals surface area contributed by atoms with Crippen molar-refractivity contribution in [3.63, 3.8) is 0 Å². The summed E-state index contributed by atoms with van der Waals surface area (Å²) in [6.45, 7) is 2.49. The Balaban J connectivity index is 0.00000176. The summed E-state index contributed by atoms with van der Waals surface area (Å²) in [5, 5.41) is 3.32. The van der Waals surface area contributed by atoms with Crippen molar-refractivity contribution in [2.75, 3.05) is 37.7 Å². The maximum absolute atomic E-state index is 12.7. The molecule has 1 aromatic carbocycles. The molecule has 7 heteroatoms. The summed E-state index contributed by atoms with van der Waals surface area (Å²) >= 11 is 0. The molecule has 2 aliphatic rings. The van der Waals surface area contributed by atoms with Gasteiger partial charge in [-0.1, -0.05) is 18.2 Å². The lowest BCUT2D eigenvalue weighted by molar-refractivity contribution is 0.0768. The standard InChI is InChI=1S/C15H20N2O3S.ClH/c18-15(17-7-9-21(19,20)10-8-17)14-4-2-1-3-13(14)12-5-6-16-11-12;/h1-4,12,16H,5-11H2;1H. The highest BCUT2D eigenvalue weighted by molar-refractivity contribution is 7.91. The average Bonchev–Trinajstić information content (AvgIpc) is 3.01. The molecule has 0 aliphatic carbocycles. The van der Waals surface area contributed by atoms with Gasteiger partial charge in [-0.3, -0.25) is 4.79 Å². The van der Waals surface area contributed by atoms with Crippen LogP contribution in [0.1, 0.15) is 28.3 Å². The van der Waals surface area contributed by atoms with E-state index in [0.717, 1.165) is 30.6 Å². The molecule has 5 nitrogen and oxygen atoms in total. The molecule has 2 fully saturated rings. The van der Waals surface area contributed by atoms with Gasteiger partial charge < -0.3 is 10.2 Å². The van der Waals surface area contributed by atoms with Crippen LogP contribution in [-0.2, 0) is 9.84 Å². The number of amides is 1. The summed E-state index contributed by atoms with van der Waals surface area (Å²) in [6, 6.07) is 7.72. The van der Waals surface area contributed by atoms with Crippen molar-refractivity contribution in [3.8, 4) is 0 Å². The van der Waals surface area contributed by atoms with Crippen LogP contribution in [0.3, 0.4) is 0 Å². The van der Waals surface area contributed by atoms with E-state index < -0.39 is 9.84 Å². The van der Waals surface area contributed by atoms with Crippen molar-refractivity contribution in [1.82, 2.24) is 10.2 Å². The molecule has 0 bridgehead atoms. The molecule has 0 spiro atoms. The lowest BCUT2D eigenvalue weighted by atomic mass is 9.93. The van der Waals surface area contributed by atoms with E-state index in [1.807, 2.05) is 24.3 Å². The van der Waals surface area contributed by atoms with Crippen LogP contribution in [0.15, 0.2) is 24.3 Å². The van der Waals surface area contributed by atoms with E-state index in [-0.39, 0.29) is 29.8 Å². The zero-order valence-electron chi connectivity index (χ0n) is 12.3. The minimum Gasteiger partial charge on any atom is -0.337 e. The number of carbonyl (C=O) groups is 1. The number of nitrogens with zero attached hydrogens (tertiary/aromatic N) is 1. The molecule has 3 rings (SSSR count). The van der Waals surface area contributed by atoms with E-state index >= 15 is 0 Å². The van der Waals surface area contributed by atoms with E-state index in [2.05, 4.69) is 5.32 Å². The normalized spacial score (nSPS) is 23.8. The predicted octanol–water partition coefficient (Wildman–Crippen LogP) is 1.06. The fourth-order valence-corrected chi connectivity index (χ4v) is 4.25. The average molecular weight is 345 g/mol. The topological polar surface area (TPSA) is 66.5 Å². The summed E-state index contributed by atoms with van der Waals surface area (Å²) in [4.78, 5) is 14.4. The molecule has 2 aliphatic heterocycles. The number of hydrogen-bond donors (Lipinski definition) is 1. The first-order valence-corrected chi connectivity index (χ1v) is 9.18. The number of nitrogens with one attached hydrogen (secondary N) is 1. The van der Waals surface area contributed by atoms with Crippen LogP contribution in [0.5, 0.6) is 0 Å². The second-order valence-electron chi connectivity index (χ2n) is 5.72. The molecule has 0 radical (unpaired) electrons. The molecular weight excluding hydrogens is 324 g/mol. The maximum atomic E-state index is 12.7. The van der Waals surface area contributed by atoms with Crippen LogP contribution in [0.4, 0.5) is 0 Å². The molecule has 0 aromatic heterocycles. The molecule has 2 heterocycles. The Kier molecular flexibility index (Phi) is 5.47. The van der Waals surface area contributed by atoms with Crippen molar-refractivity contribution in [3.05, 3.63) is 35.4 Å². The Bertz CT molecular complexity index is 628. The SMILES string of the molecule is Cl.O=C(c1ccccc1C1CCNC1)N1CCS(=O)(=O)CC1. The van der Waals surface area contributed by atoms with Crippen LogP contribution >= 0.6 is 12.4 Å². The highest BCUT2D eigenvalue weighted by atomic mass is 35.5. The summed E-state index contributed by atoms with van der Waals surface area (Å²) in [5.74, 6) is 0.490. The van der Waals surface area contributed by atoms with Crippen molar-refractivity contribution in [2.24, 2.45) is 0 Å². The predicted molar refractivity (Wildman–Crippen MR) is 88.5 cm³/mol. The van der Waals surface area contributed by atoms with Gasteiger partial charge in [0, 0.05) is 25.2 Å². The molecule has 0 saturated carbocycles. The van der Waals surface area contributed by atoms with E-state index in [4.69, 9.17) is 0 Å². The highest BCUT2D eigenvalue weighted by Gasteiger charge is 2.28. The Morgan fingerprint density at radius 1 is 1.18 bits per heavy atom. The second-order valence-corrected chi connectivity index (χ2v) is 8.02. The fourth-order valence-electron chi connectivity index (χ4n) is 3.05. The van der Waals surface area contributed by atoms with Crippen LogP contribution in [0.2, 0.25) is 0 Å². The van der Waals surface area contributed by atoms with Gasteiger partial charge >= 0.3 is 0 Å². The van der Waals surface area contributed by atoms with Crippen molar-refractivity contribution in [2.45, 2.75) is 12.3 Å². The third-order valence-corrected chi connectivity index (χ3v) is 5.93. The minimum atomic E-state index is -2.96. The van der Waals surface area contributed by atoms with Crippen LogP contribution in [0.25, 0.3) is 0 Å². The Morgan fingerprint density at radius 3 is 2.50 bits per heavy atom. The van der Waals surface area contributed by atoms with Crippen molar-refractivity contribution >= 4 is 28.2 Å². The van der Waals surface area contributed by atoms with Gasteiger partial charge in [0.1, 0.15) is 0 Å². The van der Waals surface area contributed by atoms with Crippen molar-refractivity contribution < 1.29 is 13.2 Å². The van der Waals surface area contributed by atoms with E-state index in [1.54, 1.807) is 4.90 Å². The van der Waals surface area contributed by atoms with Gasteiger partial charge in [-0.05, 0) is 30.5 Å². The minimum absolute atomic E-state index is 0. The third kappa shape index (κ3) is 3.62. The molecule has 1 unspecified atom stereocenters. The van der Waals surface area contributed by atoms with Gasteiger partial charge in [0.25, 0.3) is 5.91 Å². The number of benzene rings is 1. The summed E-state index contributed by atoms with van der Waals surface area (Å²) in [5.41, 5.74) is 1.81. The van der Waals surface area contributed by atoms with Crippen LogP contribution in [0, 0.1) is 0 Å². The largest absolute Gasteiger partial charge is 0.337 e. The van der Waals surface area contributed by atoms with Gasteiger partial charge in [0.15, 0.2) is 9.84 Å². The summed E-state index contributed by atoms with van der Waals surface area (Å²) in [7, 11) is -2.96. The number of halogens is 1. The monoisotopic (exact) mass is 344 g/mol. The first-order valence-electron chi connectivity index (χ1n) is 7.36.